The molecule has 4 heteroatoms. The molecule has 3 N–H and O–H groups in total. The highest BCUT2D eigenvalue weighted by Gasteiger charge is 2.05. The van der Waals surface area contributed by atoms with E-state index in [9.17, 15) is 0 Å². The number of allylic oxidation sites excluding steroid dienone is 2. The summed E-state index contributed by atoms with van der Waals surface area (Å²) in [6.07, 6.45) is 8.89. The van der Waals surface area contributed by atoms with Gasteiger partial charge in [0, 0.05) is 6.20 Å². The number of aromatic nitrogens is 2. The maximum absolute atomic E-state index is 5.63. The van der Waals surface area contributed by atoms with Gasteiger partial charge in [-0.2, -0.15) is 0 Å². The van der Waals surface area contributed by atoms with Crippen molar-refractivity contribution in [1.29, 1.82) is 0 Å². The van der Waals surface area contributed by atoms with E-state index in [1.807, 2.05) is 18.2 Å². The van der Waals surface area contributed by atoms with Gasteiger partial charge >= 0.3 is 0 Å². The Morgan fingerprint density at radius 2 is 2.17 bits per heavy atom. The lowest BCUT2D eigenvalue weighted by atomic mass is 10.3. The second-order valence-electron chi connectivity index (χ2n) is 2.38. The standard InChI is InChI=1S/C8H8N4/c9-8-7-6(11-5-12-8)3-1-2-4-10-7/h1-5,10H,(H2,9,11,12). The molecule has 0 aromatic carbocycles. The van der Waals surface area contributed by atoms with E-state index in [0.717, 1.165) is 11.4 Å². The first-order chi connectivity index (χ1) is 5.88. The minimum Gasteiger partial charge on any atom is -0.382 e. The Morgan fingerprint density at radius 1 is 1.25 bits per heavy atom. The molecular weight excluding hydrogens is 152 g/mol. The van der Waals surface area contributed by atoms with Gasteiger partial charge in [-0.15, -0.1) is 0 Å². The summed E-state index contributed by atoms with van der Waals surface area (Å²) in [7, 11) is 0. The van der Waals surface area contributed by atoms with E-state index in [0.29, 0.717) is 5.82 Å². The van der Waals surface area contributed by atoms with Gasteiger partial charge in [-0.3, -0.25) is 0 Å². The molecule has 1 aliphatic rings. The first-order valence-corrected chi connectivity index (χ1v) is 3.58. The zero-order valence-corrected chi connectivity index (χ0v) is 6.36. The summed E-state index contributed by atoms with van der Waals surface area (Å²) in [6, 6.07) is 0. The van der Waals surface area contributed by atoms with E-state index >= 15 is 0 Å². The highest BCUT2D eigenvalue weighted by molar-refractivity contribution is 5.75. The van der Waals surface area contributed by atoms with Gasteiger partial charge in [0.05, 0.1) is 5.69 Å². The van der Waals surface area contributed by atoms with Crippen molar-refractivity contribution < 1.29 is 0 Å². The second-order valence-corrected chi connectivity index (χ2v) is 2.38. The SMILES string of the molecule is Nc1ncnc2c1NC=CC=C2. The van der Waals surface area contributed by atoms with Crippen LogP contribution in [0.25, 0.3) is 6.08 Å². The van der Waals surface area contributed by atoms with Crippen molar-refractivity contribution in [3.63, 3.8) is 0 Å². The molecule has 0 amide bonds. The lowest BCUT2D eigenvalue weighted by Gasteiger charge is -2.04. The van der Waals surface area contributed by atoms with Crippen LogP contribution in [0, 0.1) is 0 Å². The fourth-order valence-corrected chi connectivity index (χ4v) is 1.02. The van der Waals surface area contributed by atoms with Gasteiger partial charge in [-0.05, 0) is 12.2 Å². The van der Waals surface area contributed by atoms with Crippen LogP contribution in [-0.2, 0) is 0 Å². The number of nitrogens with zero attached hydrogens (tertiary/aromatic N) is 2. The summed E-state index contributed by atoms with van der Waals surface area (Å²) in [6.45, 7) is 0. The molecule has 0 radical (unpaired) electrons. The van der Waals surface area contributed by atoms with Crippen molar-refractivity contribution in [3.8, 4) is 0 Å². The summed E-state index contributed by atoms with van der Waals surface area (Å²) in [5.41, 5.74) is 7.21. The van der Waals surface area contributed by atoms with E-state index in [-0.39, 0.29) is 0 Å². The third-order valence-corrected chi connectivity index (χ3v) is 1.60. The van der Waals surface area contributed by atoms with Crippen LogP contribution in [-0.4, -0.2) is 9.97 Å². The molecule has 60 valence electrons. The van der Waals surface area contributed by atoms with Crippen molar-refractivity contribution >= 4 is 17.6 Å². The van der Waals surface area contributed by atoms with Crippen LogP contribution in [0.5, 0.6) is 0 Å². The number of hydrogen-bond donors (Lipinski definition) is 2. The molecule has 0 bridgehead atoms. The highest BCUT2D eigenvalue weighted by atomic mass is 15.0. The number of hydrogen-bond acceptors (Lipinski definition) is 4. The molecule has 1 aromatic heterocycles. The average molecular weight is 160 g/mol. The lowest BCUT2D eigenvalue weighted by Crippen LogP contribution is -2.00. The molecule has 0 saturated heterocycles. The fraction of sp³-hybridized carbons (Fsp3) is 0. The minimum absolute atomic E-state index is 0.469. The van der Waals surface area contributed by atoms with Crippen LogP contribution < -0.4 is 11.1 Å². The Hall–Kier alpha value is -1.84. The smallest absolute Gasteiger partial charge is 0.151 e. The second kappa shape index (κ2) is 2.65. The Kier molecular flexibility index (Phi) is 1.51. The summed E-state index contributed by atoms with van der Waals surface area (Å²) in [5, 5.41) is 3.00. The monoisotopic (exact) mass is 160 g/mol. The van der Waals surface area contributed by atoms with Crippen LogP contribution >= 0.6 is 0 Å². The van der Waals surface area contributed by atoms with Gasteiger partial charge in [0.2, 0.25) is 0 Å². The maximum Gasteiger partial charge on any atom is 0.151 e. The van der Waals surface area contributed by atoms with Gasteiger partial charge in [-0.25, -0.2) is 9.97 Å². The molecule has 1 aromatic rings. The summed E-state index contributed by atoms with van der Waals surface area (Å²) in [4.78, 5) is 7.93. The van der Waals surface area contributed by atoms with Gasteiger partial charge in [-0.1, -0.05) is 6.08 Å². The summed E-state index contributed by atoms with van der Waals surface area (Å²) in [5.74, 6) is 0.469. The predicted octanol–water partition coefficient (Wildman–Crippen LogP) is 1.01. The number of fused-ring (bicyclic) bond motifs is 1. The number of rotatable bonds is 0. The van der Waals surface area contributed by atoms with Crippen molar-refractivity contribution in [1.82, 2.24) is 9.97 Å². The van der Waals surface area contributed by atoms with Crippen LogP contribution in [0.3, 0.4) is 0 Å². The molecule has 2 rings (SSSR count). The Morgan fingerprint density at radius 3 is 3.08 bits per heavy atom. The van der Waals surface area contributed by atoms with Gasteiger partial charge in [0.25, 0.3) is 0 Å². The maximum atomic E-state index is 5.63. The van der Waals surface area contributed by atoms with Crippen LogP contribution in [0.2, 0.25) is 0 Å². The molecule has 4 nitrogen and oxygen atoms in total. The zero-order valence-electron chi connectivity index (χ0n) is 6.36. The molecule has 0 spiro atoms. The van der Waals surface area contributed by atoms with E-state index in [2.05, 4.69) is 15.3 Å². The van der Waals surface area contributed by atoms with Crippen LogP contribution in [0.4, 0.5) is 11.5 Å². The number of nitrogens with two attached hydrogens (primary N) is 1. The Balaban J connectivity index is 2.59. The number of nitrogen functional groups attached to an aromatic ring is 1. The van der Waals surface area contributed by atoms with Crippen molar-refractivity contribution in [2.24, 2.45) is 0 Å². The lowest BCUT2D eigenvalue weighted by molar-refractivity contribution is 1.16. The summed E-state index contributed by atoms with van der Waals surface area (Å²) >= 11 is 0. The normalized spacial score (nSPS) is 13.3. The highest BCUT2D eigenvalue weighted by Crippen LogP contribution is 2.21. The fourth-order valence-electron chi connectivity index (χ4n) is 1.02. The molecule has 12 heavy (non-hydrogen) atoms. The molecule has 0 fully saturated rings. The zero-order chi connectivity index (χ0) is 8.39. The van der Waals surface area contributed by atoms with E-state index in [1.54, 1.807) is 6.20 Å². The van der Waals surface area contributed by atoms with Crippen molar-refractivity contribution in [2.75, 3.05) is 11.1 Å². The minimum atomic E-state index is 0.469. The first kappa shape index (κ1) is 6.84. The van der Waals surface area contributed by atoms with Crippen LogP contribution in [0.1, 0.15) is 5.69 Å². The van der Waals surface area contributed by atoms with Crippen molar-refractivity contribution in [2.45, 2.75) is 0 Å². The number of anilines is 2. The molecular formula is C8H8N4. The average Bonchev–Trinajstić information content (AvgIpc) is 2.30. The first-order valence-electron chi connectivity index (χ1n) is 3.58. The molecule has 0 aliphatic carbocycles. The van der Waals surface area contributed by atoms with E-state index in [1.165, 1.54) is 6.33 Å². The molecule has 0 unspecified atom stereocenters. The Bertz CT molecular complexity index is 354. The quantitative estimate of drug-likeness (QED) is 0.594. The molecule has 1 aliphatic heterocycles. The summed E-state index contributed by atoms with van der Waals surface area (Å²) < 4.78 is 0. The molecule has 0 saturated carbocycles. The predicted molar refractivity (Wildman–Crippen MR) is 48.2 cm³/mol. The van der Waals surface area contributed by atoms with E-state index < -0.39 is 0 Å². The van der Waals surface area contributed by atoms with Gasteiger partial charge in [0.1, 0.15) is 12.0 Å². The Labute approximate surface area is 69.8 Å². The third kappa shape index (κ3) is 1.03. The van der Waals surface area contributed by atoms with Crippen molar-refractivity contribution in [3.05, 3.63) is 30.4 Å². The van der Waals surface area contributed by atoms with Crippen LogP contribution in [0.15, 0.2) is 24.7 Å². The largest absolute Gasteiger partial charge is 0.382 e. The van der Waals surface area contributed by atoms with E-state index in [4.69, 9.17) is 5.73 Å². The topological polar surface area (TPSA) is 63.8 Å². The number of nitrogens with one attached hydrogen (secondary N) is 1. The molecule has 0 atom stereocenters. The van der Waals surface area contributed by atoms with Gasteiger partial charge < -0.3 is 11.1 Å². The third-order valence-electron chi connectivity index (χ3n) is 1.60. The molecule has 2 heterocycles. The van der Waals surface area contributed by atoms with Gasteiger partial charge in [0.15, 0.2) is 5.82 Å².